The van der Waals surface area contributed by atoms with Gasteiger partial charge in [-0.1, -0.05) is 6.92 Å². The molecule has 5 heteroatoms. The van der Waals surface area contributed by atoms with Gasteiger partial charge in [0.25, 0.3) is 0 Å². The molecule has 0 spiro atoms. The molecule has 0 aromatic carbocycles. The average molecular weight is 255 g/mol. The fraction of sp³-hybridized carbons (Fsp3) is 0.667. The lowest BCUT2D eigenvalue weighted by molar-refractivity contribution is -0.122. The van der Waals surface area contributed by atoms with E-state index in [9.17, 15) is 4.79 Å². The maximum atomic E-state index is 11.6. The molecule has 0 aliphatic carbocycles. The van der Waals surface area contributed by atoms with E-state index in [2.05, 4.69) is 15.6 Å². The van der Waals surface area contributed by atoms with Crippen molar-refractivity contribution in [3.8, 4) is 0 Å². The van der Waals surface area contributed by atoms with Gasteiger partial charge in [-0.15, -0.1) is 11.3 Å². The molecule has 0 bridgehead atoms. The Morgan fingerprint density at radius 2 is 2.29 bits per heavy atom. The topological polar surface area (TPSA) is 54.0 Å². The van der Waals surface area contributed by atoms with Gasteiger partial charge in [0.05, 0.1) is 17.2 Å². The maximum absolute atomic E-state index is 11.6. The smallest absolute Gasteiger partial charge is 0.236 e. The number of amides is 1. The Kier molecular flexibility index (Phi) is 6.15. The zero-order valence-electron chi connectivity index (χ0n) is 10.7. The summed E-state index contributed by atoms with van der Waals surface area (Å²) in [6.45, 7) is 7.52. The van der Waals surface area contributed by atoms with E-state index in [-0.39, 0.29) is 11.9 Å². The minimum Gasteiger partial charge on any atom is -0.355 e. The minimum atomic E-state index is -0.130. The second kappa shape index (κ2) is 7.40. The molecule has 0 aliphatic rings. The Labute approximate surface area is 107 Å². The van der Waals surface area contributed by atoms with E-state index in [1.807, 2.05) is 26.3 Å². The fourth-order valence-electron chi connectivity index (χ4n) is 1.46. The molecule has 2 N–H and O–H groups in total. The Bertz CT molecular complexity index is 351. The van der Waals surface area contributed by atoms with Crippen LogP contribution in [0.15, 0.2) is 5.51 Å². The number of hydrogen-bond acceptors (Lipinski definition) is 4. The Hall–Kier alpha value is -0.940. The summed E-state index contributed by atoms with van der Waals surface area (Å²) < 4.78 is 0. The van der Waals surface area contributed by atoms with E-state index in [1.165, 1.54) is 4.88 Å². The van der Waals surface area contributed by atoms with Crippen LogP contribution < -0.4 is 10.6 Å². The molecular formula is C12H21N3OS. The Morgan fingerprint density at radius 3 is 2.88 bits per heavy atom. The van der Waals surface area contributed by atoms with Gasteiger partial charge in [-0.05, 0) is 26.7 Å². The van der Waals surface area contributed by atoms with Crippen LogP contribution in [0.1, 0.15) is 30.8 Å². The van der Waals surface area contributed by atoms with Gasteiger partial charge in [-0.25, -0.2) is 4.98 Å². The van der Waals surface area contributed by atoms with Gasteiger partial charge < -0.3 is 10.6 Å². The summed E-state index contributed by atoms with van der Waals surface area (Å²) in [4.78, 5) is 17.1. The van der Waals surface area contributed by atoms with Crippen molar-refractivity contribution in [3.05, 3.63) is 16.1 Å². The first-order chi connectivity index (χ1) is 8.15. The molecule has 1 unspecified atom stereocenters. The molecule has 0 radical (unpaired) electrons. The number of hydrogen-bond donors (Lipinski definition) is 2. The van der Waals surface area contributed by atoms with Crippen LogP contribution >= 0.6 is 11.3 Å². The molecule has 1 atom stereocenters. The lowest BCUT2D eigenvalue weighted by Gasteiger charge is -2.13. The van der Waals surface area contributed by atoms with Crippen molar-refractivity contribution < 1.29 is 4.79 Å². The van der Waals surface area contributed by atoms with Gasteiger partial charge in [0.15, 0.2) is 0 Å². The number of thiazole rings is 1. The molecule has 1 heterocycles. The number of rotatable bonds is 7. The molecule has 1 aromatic heterocycles. The van der Waals surface area contributed by atoms with Crippen LogP contribution in [0.3, 0.4) is 0 Å². The molecule has 1 rings (SSSR count). The van der Waals surface area contributed by atoms with E-state index in [1.54, 1.807) is 11.3 Å². The molecule has 1 aromatic rings. The van der Waals surface area contributed by atoms with Crippen molar-refractivity contribution in [1.82, 2.24) is 15.6 Å². The molecular weight excluding hydrogens is 234 g/mol. The van der Waals surface area contributed by atoms with E-state index in [0.29, 0.717) is 0 Å². The molecule has 0 aliphatic heterocycles. The van der Waals surface area contributed by atoms with Crippen LogP contribution in [-0.4, -0.2) is 30.0 Å². The summed E-state index contributed by atoms with van der Waals surface area (Å²) in [5, 5.41) is 6.10. The lowest BCUT2D eigenvalue weighted by atomic mass is 10.2. The van der Waals surface area contributed by atoms with E-state index >= 15 is 0 Å². The monoisotopic (exact) mass is 255 g/mol. The second-order valence-corrected chi connectivity index (χ2v) is 5.02. The number of carbonyl (C=O) groups is 1. The summed E-state index contributed by atoms with van der Waals surface area (Å²) >= 11 is 1.67. The molecule has 96 valence electrons. The van der Waals surface area contributed by atoms with Gasteiger partial charge in [-0.3, -0.25) is 4.79 Å². The zero-order chi connectivity index (χ0) is 12.7. The van der Waals surface area contributed by atoms with Crippen molar-refractivity contribution in [2.45, 2.75) is 39.7 Å². The third-order valence-corrected chi connectivity index (χ3v) is 3.58. The Balaban J connectivity index is 2.22. The predicted octanol–water partition coefficient (Wildman–Crippen LogP) is 1.50. The SMILES string of the molecule is CCCNC(=O)C(C)NCCc1scnc1C. The van der Waals surface area contributed by atoms with Gasteiger partial charge in [0, 0.05) is 18.0 Å². The standard InChI is InChI=1S/C12H21N3OS/c1-4-6-14-12(16)10(3)13-7-5-11-9(2)15-8-17-11/h8,10,13H,4-7H2,1-3H3,(H,14,16). The largest absolute Gasteiger partial charge is 0.355 e. The summed E-state index contributed by atoms with van der Waals surface area (Å²) in [5.41, 5.74) is 2.96. The molecule has 0 fully saturated rings. The number of carbonyl (C=O) groups excluding carboxylic acids is 1. The van der Waals surface area contributed by atoms with Crippen molar-refractivity contribution >= 4 is 17.2 Å². The van der Waals surface area contributed by atoms with Crippen molar-refractivity contribution in [3.63, 3.8) is 0 Å². The first-order valence-corrected chi connectivity index (χ1v) is 6.93. The highest BCUT2D eigenvalue weighted by Crippen LogP contribution is 2.11. The van der Waals surface area contributed by atoms with Crippen LogP contribution in [-0.2, 0) is 11.2 Å². The van der Waals surface area contributed by atoms with E-state index in [0.717, 1.165) is 31.6 Å². The first-order valence-electron chi connectivity index (χ1n) is 6.05. The van der Waals surface area contributed by atoms with Crippen molar-refractivity contribution in [1.29, 1.82) is 0 Å². The highest BCUT2D eigenvalue weighted by molar-refractivity contribution is 7.09. The summed E-state index contributed by atoms with van der Waals surface area (Å²) in [5.74, 6) is 0.0767. The van der Waals surface area contributed by atoms with Crippen molar-refractivity contribution in [2.75, 3.05) is 13.1 Å². The first kappa shape index (κ1) is 14.1. The molecule has 4 nitrogen and oxygen atoms in total. The highest BCUT2D eigenvalue weighted by Gasteiger charge is 2.11. The number of aryl methyl sites for hydroxylation is 1. The molecule has 0 saturated carbocycles. The number of nitrogens with one attached hydrogen (secondary N) is 2. The third kappa shape index (κ3) is 4.83. The summed E-state index contributed by atoms with van der Waals surface area (Å²) in [6.07, 6.45) is 1.90. The molecule has 0 saturated heterocycles. The van der Waals surface area contributed by atoms with Gasteiger partial charge >= 0.3 is 0 Å². The normalized spacial score (nSPS) is 12.4. The highest BCUT2D eigenvalue weighted by atomic mass is 32.1. The second-order valence-electron chi connectivity index (χ2n) is 4.08. The van der Waals surface area contributed by atoms with Crippen LogP contribution in [0.5, 0.6) is 0 Å². The quantitative estimate of drug-likeness (QED) is 0.776. The predicted molar refractivity (Wildman–Crippen MR) is 71.3 cm³/mol. The molecule has 1 amide bonds. The van der Waals surface area contributed by atoms with Gasteiger partial charge in [-0.2, -0.15) is 0 Å². The fourth-order valence-corrected chi connectivity index (χ4v) is 2.24. The van der Waals surface area contributed by atoms with E-state index in [4.69, 9.17) is 0 Å². The molecule has 17 heavy (non-hydrogen) atoms. The third-order valence-electron chi connectivity index (χ3n) is 2.59. The lowest BCUT2D eigenvalue weighted by Crippen LogP contribution is -2.43. The van der Waals surface area contributed by atoms with E-state index < -0.39 is 0 Å². The maximum Gasteiger partial charge on any atom is 0.236 e. The zero-order valence-corrected chi connectivity index (χ0v) is 11.6. The summed E-state index contributed by atoms with van der Waals surface area (Å²) in [7, 11) is 0. The van der Waals surface area contributed by atoms with Gasteiger partial charge in [0.1, 0.15) is 0 Å². The minimum absolute atomic E-state index is 0.0767. The van der Waals surface area contributed by atoms with Crippen LogP contribution in [0, 0.1) is 6.92 Å². The number of nitrogens with zero attached hydrogens (tertiary/aromatic N) is 1. The van der Waals surface area contributed by atoms with Crippen molar-refractivity contribution in [2.24, 2.45) is 0 Å². The number of aromatic nitrogens is 1. The average Bonchev–Trinajstić information content (AvgIpc) is 2.72. The van der Waals surface area contributed by atoms with Gasteiger partial charge in [0.2, 0.25) is 5.91 Å². The van der Waals surface area contributed by atoms with Crippen LogP contribution in [0.25, 0.3) is 0 Å². The Morgan fingerprint density at radius 1 is 1.53 bits per heavy atom. The van der Waals surface area contributed by atoms with Crippen LogP contribution in [0.2, 0.25) is 0 Å². The summed E-state index contributed by atoms with van der Waals surface area (Å²) in [6, 6.07) is -0.130. The van der Waals surface area contributed by atoms with Crippen LogP contribution in [0.4, 0.5) is 0 Å².